The van der Waals surface area contributed by atoms with Gasteiger partial charge in [0, 0.05) is 62.2 Å². The number of ether oxygens (including phenoxy) is 8. The van der Waals surface area contributed by atoms with Crippen LogP contribution in [0.3, 0.4) is 0 Å². The van der Waals surface area contributed by atoms with E-state index in [2.05, 4.69) is 27.5 Å². The van der Waals surface area contributed by atoms with Gasteiger partial charge in [-0.15, -0.1) is 0 Å². The monoisotopic (exact) mass is 960 g/mol. The maximum Gasteiger partial charge on any atom is 0.311 e. The highest BCUT2D eigenvalue weighted by Gasteiger charge is 2.53. The van der Waals surface area contributed by atoms with Crippen LogP contribution in [0.2, 0.25) is 0 Å². The molecule has 0 spiro atoms. The summed E-state index contributed by atoms with van der Waals surface area (Å²) in [6.45, 7) is 19.4. The third-order valence-electron chi connectivity index (χ3n) is 14.8. The minimum atomic E-state index is -1.68. The van der Waals surface area contributed by atoms with Gasteiger partial charge in [0.1, 0.15) is 30.1 Å². The maximum absolute atomic E-state index is 14.8. The van der Waals surface area contributed by atoms with E-state index in [9.17, 15) is 15.0 Å². The number of aliphatic hydroxyl groups excluding tert-OH is 1. The van der Waals surface area contributed by atoms with Crippen LogP contribution in [0.15, 0.2) is 41.9 Å². The Bertz CT molecular complexity index is 1930. The number of aliphatic hydroxyl groups is 2. The van der Waals surface area contributed by atoms with Crippen LogP contribution in [0.25, 0.3) is 5.82 Å². The quantitative estimate of drug-likeness (QED) is 0.186. The summed E-state index contributed by atoms with van der Waals surface area (Å²) in [7, 11) is 5.46. The predicted molar refractivity (Wildman–Crippen MR) is 253 cm³/mol. The van der Waals surface area contributed by atoms with E-state index < -0.39 is 89.9 Å². The van der Waals surface area contributed by atoms with Gasteiger partial charge in [-0.1, -0.05) is 32.0 Å². The Morgan fingerprint density at radius 1 is 1.06 bits per heavy atom. The van der Waals surface area contributed by atoms with Gasteiger partial charge in [-0.3, -0.25) is 4.79 Å². The Kier molecular flexibility index (Phi) is 18.3. The molecule has 0 aromatic carbocycles. The predicted octanol–water partition coefficient (Wildman–Crippen LogP) is 3.74. The molecule has 5 N–H and O–H groups in total. The van der Waals surface area contributed by atoms with E-state index >= 15 is 0 Å². The first-order valence-corrected chi connectivity index (χ1v) is 24.4. The number of pyridine rings is 1. The first kappa shape index (κ1) is 54.2. The fraction of sp³-hybridized carbons (Fsp3) is 0.796. The zero-order valence-corrected chi connectivity index (χ0v) is 42.6. The average Bonchev–Trinajstić information content (AvgIpc) is 3.84. The van der Waals surface area contributed by atoms with Gasteiger partial charge in [-0.25, -0.2) is 9.67 Å². The molecule has 0 amide bonds. The number of likely N-dealkylation sites (N-methyl/N-ethyl adjacent to an activating group) is 1. The maximum atomic E-state index is 14.8. The number of esters is 1. The van der Waals surface area contributed by atoms with E-state index in [-0.39, 0.29) is 56.8 Å². The van der Waals surface area contributed by atoms with Crippen molar-refractivity contribution in [3.8, 4) is 5.82 Å². The molecule has 384 valence electrons. The fourth-order valence-corrected chi connectivity index (χ4v) is 10.6. The molecule has 5 aliphatic heterocycles. The number of hydrogen-bond donors (Lipinski definition) is 4. The lowest BCUT2D eigenvalue weighted by atomic mass is 9.78. The molecule has 7 rings (SSSR count). The minimum absolute atomic E-state index is 0.0820. The molecule has 0 saturated carbocycles. The second-order valence-corrected chi connectivity index (χ2v) is 20.7. The van der Waals surface area contributed by atoms with Gasteiger partial charge in [-0.2, -0.15) is 5.10 Å². The van der Waals surface area contributed by atoms with E-state index in [4.69, 9.17) is 48.5 Å². The molecule has 5 fully saturated rings. The molecular weight excluding hydrogens is 879 g/mol. The fourth-order valence-electron chi connectivity index (χ4n) is 10.6. The van der Waals surface area contributed by atoms with Crippen LogP contribution in [-0.4, -0.2) is 173 Å². The van der Waals surface area contributed by atoms with Crippen LogP contribution in [0.4, 0.5) is 0 Å². The zero-order valence-electron chi connectivity index (χ0n) is 42.6. The molecule has 2 bridgehead atoms. The van der Waals surface area contributed by atoms with Crippen LogP contribution >= 0.6 is 0 Å². The summed E-state index contributed by atoms with van der Waals surface area (Å²) in [6.07, 6.45) is -0.724. The molecule has 68 heavy (non-hydrogen) atoms. The van der Waals surface area contributed by atoms with Crippen LogP contribution in [0, 0.1) is 17.8 Å². The number of carbonyl (C=O) groups excluding carboxylic acids is 1. The zero-order chi connectivity index (χ0) is 49.7. The number of carbonyl (C=O) groups is 1. The van der Waals surface area contributed by atoms with E-state index in [1.54, 1.807) is 38.0 Å². The smallest absolute Gasteiger partial charge is 0.311 e. The summed E-state index contributed by atoms with van der Waals surface area (Å²) in [6, 6.07) is 4.63. The first-order valence-electron chi connectivity index (χ1n) is 24.4. The van der Waals surface area contributed by atoms with Gasteiger partial charge in [-0.05, 0) is 99.9 Å². The lowest BCUT2D eigenvalue weighted by Crippen LogP contribution is -2.62. The average molecular weight is 960 g/mol. The van der Waals surface area contributed by atoms with Crippen molar-refractivity contribution in [2.75, 3.05) is 41.0 Å². The van der Waals surface area contributed by atoms with Crippen molar-refractivity contribution in [1.82, 2.24) is 25.0 Å². The van der Waals surface area contributed by atoms with Crippen LogP contribution < -0.4 is 11.1 Å². The van der Waals surface area contributed by atoms with Gasteiger partial charge < -0.3 is 68.9 Å². The SMILES string of the molecule is CC[C@H]1OC(=O)[C@H](C)[C@@H](O[C@H]2C[C@@](C)(OC)[C@H](N)[C@H](C)O2)[C@H](C)[C@@H](O[C@@H]2O[C@H](C)C[C@H](N(C)C)[C@H]2O)[C@@]2(C)C[C@@H](C)NC[C@H](C)[C@@H](OC/C(=N\OCc3ccc(-n4cccn4)nc3)CO2)[C@]1(C)O. The molecule has 0 aliphatic carbocycles. The van der Waals surface area contributed by atoms with Gasteiger partial charge >= 0.3 is 5.97 Å². The standard InChI is InChI=1S/C49H81N7O12/c1-14-37-49(10,59)43-28(2)23-51-29(3)21-48(9,62-27-35(26-61-43)54-63-25-34-16-17-38(52-24-34)56-19-15-18-53-56)44(68-46-40(57)36(55(11)12)20-30(4)64-46)31(5)41(32(6)45(58)66-37)67-39-22-47(8,60-13)42(50)33(7)65-39/h15-19,24,28-33,36-37,39-44,46,51,57,59H,14,20-23,25-27,50H2,1-13H3/b54-35+/t28-,29+,30+,31-,32+,33-,36-,37+,39-,40+,41-,42+,43+,44+,46-,47+,48+,49+/m0/s1. The molecule has 5 aliphatic rings. The molecule has 19 nitrogen and oxygen atoms in total. The summed E-state index contributed by atoms with van der Waals surface area (Å²) in [5.74, 6) is -1.86. The Morgan fingerprint density at radius 2 is 1.81 bits per heavy atom. The minimum Gasteiger partial charge on any atom is -0.459 e. The van der Waals surface area contributed by atoms with Gasteiger partial charge in [0.2, 0.25) is 0 Å². The number of nitrogens with zero attached hydrogens (tertiary/aromatic N) is 5. The van der Waals surface area contributed by atoms with E-state index in [1.807, 2.05) is 91.9 Å². The van der Waals surface area contributed by atoms with Crippen molar-refractivity contribution in [3.63, 3.8) is 0 Å². The Labute approximate surface area is 403 Å². The molecule has 7 heterocycles. The van der Waals surface area contributed by atoms with Crippen molar-refractivity contribution in [2.45, 2.75) is 192 Å². The molecule has 2 aromatic heterocycles. The Morgan fingerprint density at radius 3 is 2.46 bits per heavy atom. The summed E-state index contributed by atoms with van der Waals surface area (Å²) in [4.78, 5) is 27.3. The Hall–Kier alpha value is -3.18. The number of hydrogen-bond acceptors (Lipinski definition) is 18. The third-order valence-corrected chi connectivity index (χ3v) is 14.8. The lowest BCUT2D eigenvalue weighted by molar-refractivity contribution is -0.313. The van der Waals surface area contributed by atoms with E-state index in [0.717, 1.165) is 5.56 Å². The summed E-state index contributed by atoms with van der Waals surface area (Å²) < 4.78 is 55.0. The number of aromatic nitrogens is 3. The van der Waals surface area contributed by atoms with Crippen molar-refractivity contribution < 1.29 is 57.7 Å². The summed E-state index contributed by atoms with van der Waals surface area (Å²) >= 11 is 0. The van der Waals surface area contributed by atoms with Gasteiger partial charge in [0.25, 0.3) is 0 Å². The topological polar surface area (TPSA) is 225 Å². The van der Waals surface area contributed by atoms with Crippen LogP contribution in [-0.2, 0) is 54.1 Å². The van der Waals surface area contributed by atoms with Crippen molar-refractivity contribution in [3.05, 3.63) is 42.4 Å². The Balaban J connectivity index is 1.46. The number of nitrogens with one attached hydrogen (secondary N) is 1. The number of fused-ring (bicyclic) bond motifs is 15. The molecular formula is C49H81N7O12. The van der Waals surface area contributed by atoms with Crippen LogP contribution in [0.5, 0.6) is 0 Å². The number of rotatable bonds is 11. The highest BCUT2D eigenvalue weighted by Crippen LogP contribution is 2.41. The number of oxime groups is 1. The van der Waals surface area contributed by atoms with Gasteiger partial charge in [0.15, 0.2) is 18.4 Å². The molecule has 18 atom stereocenters. The van der Waals surface area contributed by atoms with Crippen LogP contribution in [0.1, 0.15) is 100 Å². The molecule has 0 radical (unpaired) electrons. The highest BCUT2D eigenvalue weighted by molar-refractivity contribution is 5.86. The van der Waals surface area contributed by atoms with Crippen molar-refractivity contribution in [1.29, 1.82) is 0 Å². The number of methoxy groups -OCH3 is 1. The molecule has 2 aromatic rings. The first-order chi connectivity index (χ1) is 32.1. The molecule has 0 unspecified atom stereocenters. The molecule has 19 heteroatoms. The van der Waals surface area contributed by atoms with Crippen molar-refractivity contribution >= 4 is 11.7 Å². The summed E-state index contributed by atoms with van der Waals surface area (Å²) in [5, 5.41) is 37.2. The van der Waals surface area contributed by atoms with Gasteiger partial charge in [0.05, 0.1) is 66.9 Å². The second-order valence-electron chi connectivity index (χ2n) is 20.7. The lowest BCUT2D eigenvalue weighted by Gasteiger charge is -2.50. The largest absolute Gasteiger partial charge is 0.459 e. The normalized spacial score (nSPS) is 42.1. The summed E-state index contributed by atoms with van der Waals surface area (Å²) in [5.41, 5.74) is 4.10. The third kappa shape index (κ3) is 12.5. The molecule has 5 saturated heterocycles. The van der Waals surface area contributed by atoms with Crippen molar-refractivity contribution in [2.24, 2.45) is 28.6 Å². The highest BCUT2D eigenvalue weighted by atomic mass is 16.7. The van der Waals surface area contributed by atoms with E-state index in [1.165, 1.54) is 0 Å². The second kappa shape index (κ2) is 22.9. The van der Waals surface area contributed by atoms with E-state index in [0.29, 0.717) is 30.9 Å². The number of nitrogens with two attached hydrogens (primary N) is 1.